The van der Waals surface area contributed by atoms with E-state index in [1.807, 2.05) is 4.90 Å². The molecule has 1 aliphatic rings. The Morgan fingerprint density at radius 3 is 2.95 bits per heavy atom. The van der Waals surface area contributed by atoms with Gasteiger partial charge in [0, 0.05) is 19.2 Å². The first-order valence-electron chi connectivity index (χ1n) is 6.49. The second-order valence-corrected chi connectivity index (χ2v) is 6.71. The normalized spacial score (nSPS) is 22.3. The van der Waals surface area contributed by atoms with Crippen LogP contribution in [0.15, 0.2) is 16.9 Å². The fourth-order valence-corrected chi connectivity index (χ4v) is 3.06. The van der Waals surface area contributed by atoms with Crippen LogP contribution in [-0.4, -0.2) is 41.9 Å². The van der Waals surface area contributed by atoms with Crippen LogP contribution in [0.2, 0.25) is 0 Å². The maximum absolute atomic E-state index is 11.4. The quantitative estimate of drug-likeness (QED) is 0.886. The molecular weight excluding hydrogens is 264 g/mol. The summed E-state index contributed by atoms with van der Waals surface area (Å²) in [6.45, 7) is 3.64. The number of hydrogen-bond acceptors (Lipinski definition) is 3. The van der Waals surface area contributed by atoms with Crippen LogP contribution in [0, 0.1) is 5.92 Å². The van der Waals surface area contributed by atoms with Crippen molar-refractivity contribution < 1.29 is 8.42 Å². The highest BCUT2D eigenvalue weighted by Gasteiger charge is 2.28. The van der Waals surface area contributed by atoms with Crippen molar-refractivity contribution in [2.45, 2.75) is 32.7 Å². The summed E-state index contributed by atoms with van der Waals surface area (Å²) < 4.78 is 26.6. The summed E-state index contributed by atoms with van der Waals surface area (Å²) in [4.78, 5) is 9.05. The Labute approximate surface area is 114 Å². The van der Waals surface area contributed by atoms with Gasteiger partial charge in [0.05, 0.1) is 24.8 Å². The van der Waals surface area contributed by atoms with Gasteiger partial charge in [0.25, 0.3) is 10.0 Å². The van der Waals surface area contributed by atoms with E-state index in [2.05, 4.69) is 21.3 Å². The SMILES string of the molecule is CCCC1CC(=NS(C)(=O)=O)N(Cc2cnc[nH]2)C1. The second-order valence-electron chi connectivity index (χ2n) is 5.06. The number of amidine groups is 1. The first kappa shape index (κ1) is 14.0. The lowest BCUT2D eigenvalue weighted by Gasteiger charge is -2.18. The van der Waals surface area contributed by atoms with E-state index in [0.717, 1.165) is 37.8 Å². The first-order chi connectivity index (χ1) is 8.98. The molecular formula is C12H20N4O2S. The van der Waals surface area contributed by atoms with Gasteiger partial charge in [-0.3, -0.25) is 0 Å². The van der Waals surface area contributed by atoms with E-state index in [1.165, 1.54) is 0 Å². The van der Waals surface area contributed by atoms with E-state index in [0.29, 0.717) is 18.3 Å². The lowest BCUT2D eigenvalue weighted by Crippen LogP contribution is -2.26. The van der Waals surface area contributed by atoms with E-state index < -0.39 is 10.0 Å². The van der Waals surface area contributed by atoms with Crippen molar-refractivity contribution in [1.29, 1.82) is 0 Å². The molecule has 1 aromatic rings. The van der Waals surface area contributed by atoms with Gasteiger partial charge in [-0.25, -0.2) is 13.4 Å². The number of aromatic nitrogens is 2. The van der Waals surface area contributed by atoms with Crippen LogP contribution in [0.5, 0.6) is 0 Å². The van der Waals surface area contributed by atoms with Crippen LogP contribution in [0.1, 0.15) is 31.9 Å². The van der Waals surface area contributed by atoms with Crippen LogP contribution in [0.3, 0.4) is 0 Å². The van der Waals surface area contributed by atoms with Crippen molar-refractivity contribution in [2.75, 3.05) is 12.8 Å². The molecule has 0 aromatic carbocycles. The van der Waals surface area contributed by atoms with Crippen LogP contribution in [-0.2, 0) is 16.6 Å². The predicted molar refractivity (Wildman–Crippen MR) is 74.3 cm³/mol. The Kier molecular flexibility index (Phi) is 4.24. The third-order valence-electron chi connectivity index (χ3n) is 3.20. The molecule has 6 nitrogen and oxygen atoms in total. The monoisotopic (exact) mass is 284 g/mol. The van der Waals surface area contributed by atoms with Crippen LogP contribution in [0.25, 0.3) is 0 Å². The highest BCUT2D eigenvalue weighted by molar-refractivity contribution is 7.89. The standard InChI is InChI=1S/C12H20N4O2S/c1-3-4-10-5-12(15-19(2,17)18)16(7-10)8-11-6-13-9-14-11/h6,9-10H,3-5,7-8H2,1-2H3,(H,13,14). The largest absolute Gasteiger partial charge is 0.353 e. The van der Waals surface area contributed by atoms with E-state index in [4.69, 9.17) is 0 Å². The fourth-order valence-electron chi connectivity index (χ4n) is 2.49. The Morgan fingerprint density at radius 1 is 1.58 bits per heavy atom. The molecule has 106 valence electrons. The van der Waals surface area contributed by atoms with Crippen LogP contribution < -0.4 is 0 Å². The lowest BCUT2D eigenvalue weighted by molar-refractivity contribution is 0.378. The van der Waals surface area contributed by atoms with Gasteiger partial charge in [-0.15, -0.1) is 0 Å². The molecule has 19 heavy (non-hydrogen) atoms. The molecule has 1 saturated heterocycles. The van der Waals surface area contributed by atoms with Crippen molar-refractivity contribution in [1.82, 2.24) is 14.9 Å². The Morgan fingerprint density at radius 2 is 2.37 bits per heavy atom. The number of nitrogens with zero attached hydrogens (tertiary/aromatic N) is 3. The van der Waals surface area contributed by atoms with Gasteiger partial charge in [0.1, 0.15) is 5.84 Å². The van der Waals surface area contributed by atoms with Gasteiger partial charge in [0.15, 0.2) is 0 Å². The summed E-state index contributed by atoms with van der Waals surface area (Å²) in [6, 6.07) is 0. The maximum Gasteiger partial charge on any atom is 0.251 e. The highest BCUT2D eigenvalue weighted by atomic mass is 32.2. The molecule has 0 bridgehead atoms. The molecule has 1 fully saturated rings. The summed E-state index contributed by atoms with van der Waals surface area (Å²) in [5.41, 5.74) is 0.971. The van der Waals surface area contributed by atoms with Gasteiger partial charge >= 0.3 is 0 Å². The van der Waals surface area contributed by atoms with Crippen molar-refractivity contribution in [2.24, 2.45) is 10.3 Å². The molecule has 1 N–H and O–H groups in total. The Bertz CT molecular complexity index is 536. The third kappa shape index (κ3) is 4.05. The third-order valence-corrected chi connectivity index (χ3v) is 3.74. The maximum atomic E-state index is 11.4. The van der Waals surface area contributed by atoms with E-state index in [-0.39, 0.29) is 0 Å². The Hall–Kier alpha value is -1.37. The summed E-state index contributed by atoms with van der Waals surface area (Å²) in [6.07, 6.45) is 7.47. The fraction of sp³-hybridized carbons (Fsp3) is 0.667. The smallest absolute Gasteiger partial charge is 0.251 e. The summed E-state index contributed by atoms with van der Waals surface area (Å²) >= 11 is 0. The van der Waals surface area contributed by atoms with Crippen molar-refractivity contribution in [3.05, 3.63) is 18.2 Å². The molecule has 7 heteroatoms. The van der Waals surface area contributed by atoms with Crippen LogP contribution in [0.4, 0.5) is 0 Å². The minimum Gasteiger partial charge on any atom is -0.353 e. The zero-order chi connectivity index (χ0) is 13.9. The highest BCUT2D eigenvalue weighted by Crippen LogP contribution is 2.25. The zero-order valence-corrected chi connectivity index (χ0v) is 12.2. The predicted octanol–water partition coefficient (Wildman–Crippen LogP) is 1.39. The minimum atomic E-state index is -3.34. The summed E-state index contributed by atoms with van der Waals surface area (Å²) in [7, 11) is -3.34. The second kappa shape index (κ2) is 5.73. The number of likely N-dealkylation sites (tertiary alicyclic amines) is 1. The molecule has 0 radical (unpaired) electrons. The van der Waals surface area contributed by atoms with E-state index >= 15 is 0 Å². The average molecular weight is 284 g/mol. The number of hydrogen-bond donors (Lipinski definition) is 1. The topological polar surface area (TPSA) is 78.4 Å². The van der Waals surface area contributed by atoms with Crippen LogP contribution >= 0.6 is 0 Å². The molecule has 2 rings (SSSR count). The molecule has 1 unspecified atom stereocenters. The molecule has 0 amide bonds. The van der Waals surface area contributed by atoms with Crippen molar-refractivity contribution in [3.63, 3.8) is 0 Å². The number of nitrogens with one attached hydrogen (secondary N) is 1. The lowest BCUT2D eigenvalue weighted by atomic mass is 10.0. The van der Waals surface area contributed by atoms with Gasteiger partial charge in [-0.2, -0.15) is 4.40 Å². The minimum absolute atomic E-state index is 0.494. The number of rotatable bonds is 5. The van der Waals surface area contributed by atoms with Crippen molar-refractivity contribution in [3.8, 4) is 0 Å². The summed E-state index contributed by atoms with van der Waals surface area (Å²) in [5.74, 6) is 1.17. The number of imidazole rings is 1. The molecule has 1 atom stereocenters. The average Bonchev–Trinajstić information content (AvgIpc) is 2.89. The van der Waals surface area contributed by atoms with Crippen molar-refractivity contribution >= 4 is 15.9 Å². The molecule has 0 aliphatic carbocycles. The van der Waals surface area contributed by atoms with Gasteiger partial charge in [-0.1, -0.05) is 13.3 Å². The molecule has 1 aliphatic heterocycles. The molecule has 1 aromatic heterocycles. The molecule has 0 saturated carbocycles. The molecule has 2 heterocycles. The van der Waals surface area contributed by atoms with E-state index in [1.54, 1.807) is 12.5 Å². The van der Waals surface area contributed by atoms with Gasteiger partial charge in [-0.05, 0) is 12.3 Å². The zero-order valence-electron chi connectivity index (χ0n) is 11.3. The van der Waals surface area contributed by atoms with Gasteiger partial charge < -0.3 is 9.88 Å². The van der Waals surface area contributed by atoms with E-state index in [9.17, 15) is 8.42 Å². The Balaban J connectivity index is 2.15. The van der Waals surface area contributed by atoms with Gasteiger partial charge in [0.2, 0.25) is 0 Å². The summed E-state index contributed by atoms with van der Waals surface area (Å²) in [5, 5.41) is 0. The first-order valence-corrected chi connectivity index (χ1v) is 8.33. The number of H-pyrrole nitrogens is 1. The number of sulfonamides is 1. The number of aromatic amines is 1. The molecule has 0 spiro atoms.